The molecule has 110 valence electrons. The van der Waals surface area contributed by atoms with Crippen LogP contribution in [0.4, 0.5) is 24.5 Å². The van der Waals surface area contributed by atoms with Gasteiger partial charge in [-0.15, -0.1) is 0 Å². The number of likely N-dealkylation sites (N-methyl/N-ethyl adjacent to an activating group) is 1. The average Bonchev–Trinajstić information content (AvgIpc) is 2.89. The van der Waals surface area contributed by atoms with Gasteiger partial charge >= 0.3 is 6.18 Å². The van der Waals surface area contributed by atoms with Crippen LogP contribution in [0.3, 0.4) is 0 Å². The van der Waals surface area contributed by atoms with Crippen molar-refractivity contribution in [3.05, 3.63) is 33.9 Å². The monoisotopic (exact) mass is 289 g/mol. The molecule has 1 aliphatic heterocycles. The Balaban J connectivity index is 2.38. The van der Waals surface area contributed by atoms with Crippen LogP contribution in [0.1, 0.15) is 12.0 Å². The number of alkyl halides is 3. The minimum absolute atomic E-state index is 0.0949. The number of nitrogens with one attached hydrogen (secondary N) is 1. The van der Waals surface area contributed by atoms with E-state index in [1.165, 1.54) is 6.07 Å². The number of nitrogens with zero attached hydrogens (tertiary/aromatic N) is 2. The van der Waals surface area contributed by atoms with Crippen molar-refractivity contribution in [2.45, 2.75) is 18.6 Å². The van der Waals surface area contributed by atoms with Crippen molar-refractivity contribution in [3.63, 3.8) is 0 Å². The lowest BCUT2D eigenvalue weighted by atomic mass is 10.1. The van der Waals surface area contributed by atoms with Gasteiger partial charge < -0.3 is 10.2 Å². The van der Waals surface area contributed by atoms with E-state index in [9.17, 15) is 23.3 Å². The van der Waals surface area contributed by atoms with E-state index in [-0.39, 0.29) is 6.04 Å². The van der Waals surface area contributed by atoms with Crippen molar-refractivity contribution in [3.8, 4) is 0 Å². The highest BCUT2D eigenvalue weighted by molar-refractivity contribution is 5.57. The second-order valence-electron chi connectivity index (χ2n) is 4.71. The summed E-state index contributed by atoms with van der Waals surface area (Å²) in [5, 5.41) is 13.8. The van der Waals surface area contributed by atoms with Crippen molar-refractivity contribution in [2.24, 2.45) is 0 Å². The van der Waals surface area contributed by atoms with Crippen molar-refractivity contribution in [1.82, 2.24) is 5.32 Å². The van der Waals surface area contributed by atoms with E-state index in [0.717, 1.165) is 25.1 Å². The number of nitro benzene ring substituents is 1. The molecule has 1 atom stereocenters. The van der Waals surface area contributed by atoms with E-state index < -0.39 is 22.4 Å². The molecule has 1 saturated heterocycles. The summed E-state index contributed by atoms with van der Waals surface area (Å²) < 4.78 is 38.7. The van der Waals surface area contributed by atoms with Crippen molar-refractivity contribution in [1.29, 1.82) is 0 Å². The fourth-order valence-corrected chi connectivity index (χ4v) is 2.31. The number of hydrogen-bond acceptors (Lipinski definition) is 4. The molecule has 2 rings (SSSR count). The molecule has 1 aromatic rings. The zero-order chi connectivity index (χ0) is 14.9. The Bertz CT molecular complexity index is 513. The third-order valence-electron chi connectivity index (χ3n) is 3.47. The molecule has 20 heavy (non-hydrogen) atoms. The number of halogens is 3. The number of benzene rings is 1. The number of rotatable bonds is 3. The van der Waals surface area contributed by atoms with E-state index in [0.29, 0.717) is 12.2 Å². The van der Waals surface area contributed by atoms with Crippen LogP contribution < -0.4 is 10.2 Å². The first kappa shape index (κ1) is 14.6. The predicted octanol–water partition coefficient (Wildman–Crippen LogP) is 2.41. The molecule has 0 spiro atoms. The maximum Gasteiger partial charge on any atom is 0.423 e. The lowest BCUT2D eigenvalue weighted by Crippen LogP contribution is -2.33. The minimum Gasteiger partial charge on any atom is -0.370 e. The van der Waals surface area contributed by atoms with Gasteiger partial charge in [-0.2, -0.15) is 13.2 Å². The molecule has 0 aliphatic carbocycles. The summed E-state index contributed by atoms with van der Waals surface area (Å²) >= 11 is 0. The first-order valence-corrected chi connectivity index (χ1v) is 6.10. The molecule has 1 heterocycles. The molecule has 1 N–H and O–H groups in total. The van der Waals surface area contributed by atoms with E-state index in [4.69, 9.17) is 0 Å². The fourth-order valence-electron chi connectivity index (χ4n) is 2.31. The largest absolute Gasteiger partial charge is 0.423 e. The molecule has 1 aliphatic rings. The summed E-state index contributed by atoms with van der Waals surface area (Å²) in [7, 11) is 1.69. The molecule has 1 unspecified atom stereocenters. The number of anilines is 1. The van der Waals surface area contributed by atoms with E-state index in [1.54, 1.807) is 11.9 Å². The Hall–Kier alpha value is -1.83. The molecular weight excluding hydrogens is 275 g/mol. The Morgan fingerprint density at radius 3 is 2.65 bits per heavy atom. The maximum absolute atomic E-state index is 12.9. The summed E-state index contributed by atoms with van der Waals surface area (Å²) in [5.74, 6) is 0. The molecular formula is C12H14F3N3O2. The predicted molar refractivity (Wildman–Crippen MR) is 67.8 cm³/mol. The molecule has 1 aromatic carbocycles. The van der Waals surface area contributed by atoms with Crippen molar-refractivity contribution in [2.75, 3.05) is 25.0 Å². The normalized spacial score (nSPS) is 19.1. The van der Waals surface area contributed by atoms with E-state index in [2.05, 4.69) is 5.32 Å². The van der Waals surface area contributed by atoms with Gasteiger partial charge in [0.2, 0.25) is 0 Å². The quantitative estimate of drug-likeness (QED) is 0.686. The number of nitro groups is 1. The van der Waals surface area contributed by atoms with E-state index >= 15 is 0 Å². The maximum atomic E-state index is 12.9. The lowest BCUT2D eigenvalue weighted by molar-refractivity contribution is -0.388. The molecule has 0 aromatic heterocycles. The minimum atomic E-state index is -4.74. The first-order valence-electron chi connectivity index (χ1n) is 6.10. The highest BCUT2D eigenvalue weighted by Gasteiger charge is 2.39. The van der Waals surface area contributed by atoms with Gasteiger partial charge in [-0.3, -0.25) is 10.1 Å². The SMILES string of the molecule is CN(c1ccc([N+](=O)[O-])c(C(F)(F)F)c1)C1CCNC1. The Kier molecular flexibility index (Phi) is 3.85. The van der Waals surface area contributed by atoms with Crippen LogP contribution in [-0.2, 0) is 6.18 Å². The van der Waals surface area contributed by atoms with Gasteiger partial charge in [-0.05, 0) is 25.1 Å². The van der Waals surface area contributed by atoms with Gasteiger partial charge in [-0.1, -0.05) is 0 Å². The summed E-state index contributed by atoms with van der Waals surface area (Å²) in [6.07, 6.45) is -3.91. The van der Waals surface area contributed by atoms with Crippen LogP contribution in [0.25, 0.3) is 0 Å². The van der Waals surface area contributed by atoms with Crippen LogP contribution in [0.2, 0.25) is 0 Å². The van der Waals surface area contributed by atoms with Crippen LogP contribution in [0.5, 0.6) is 0 Å². The highest BCUT2D eigenvalue weighted by atomic mass is 19.4. The molecule has 0 saturated carbocycles. The zero-order valence-electron chi connectivity index (χ0n) is 10.8. The Morgan fingerprint density at radius 1 is 1.45 bits per heavy atom. The zero-order valence-corrected chi connectivity index (χ0v) is 10.8. The van der Waals surface area contributed by atoms with Crippen LogP contribution in [0.15, 0.2) is 18.2 Å². The van der Waals surface area contributed by atoms with Gasteiger partial charge in [0.15, 0.2) is 0 Å². The fraction of sp³-hybridized carbons (Fsp3) is 0.500. The summed E-state index contributed by atoms with van der Waals surface area (Å²) in [5.41, 5.74) is -1.80. The first-order chi connectivity index (χ1) is 9.30. The average molecular weight is 289 g/mol. The molecule has 0 bridgehead atoms. The Labute approximate surface area is 113 Å². The van der Waals surface area contributed by atoms with Gasteiger partial charge in [-0.25, -0.2) is 0 Å². The smallest absolute Gasteiger partial charge is 0.370 e. The summed E-state index contributed by atoms with van der Waals surface area (Å²) in [6.45, 7) is 1.50. The highest BCUT2D eigenvalue weighted by Crippen LogP contribution is 2.38. The lowest BCUT2D eigenvalue weighted by Gasteiger charge is -2.26. The number of hydrogen-bond donors (Lipinski definition) is 1. The van der Waals surface area contributed by atoms with Gasteiger partial charge in [0.05, 0.1) is 4.92 Å². The van der Waals surface area contributed by atoms with Gasteiger partial charge in [0, 0.05) is 31.4 Å². The summed E-state index contributed by atoms with van der Waals surface area (Å²) in [6, 6.07) is 3.21. The molecule has 0 amide bonds. The standard InChI is InChI=1S/C12H14F3N3O2/c1-17(9-4-5-16-7-9)8-2-3-11(18(19)20)10(6-8)12(13,14)15/h2-3,6,9,16H,4-5,7H2,1H3. The third-order valence-corrected chi connectivity index (χ3v) is 3.47. The van der Waals surface area contributed by atoms with E-state index in [1.807, 2.05) is 0 Å². The molecule has 1 fully saturated rings. The van der Waals surface area contributed by atoms with Gasteiger partial charge in [0.25, 0.3) is 5.69 Å². The summed E-state index contributed by atoms with van der Waals surface area (Å²) in [4.78, 5) is 11.4. The second kappa shape index (κ2) is 5.28. The molecule has 5 nitrogen and oxygen atoms in total. The second-order valence-corrected chi connectivity index (χ2v) is 4.71. The third kappa shape index (κ3) is 2.84. The van der Waals surface area contributed by atoms with Gasteiger partial charge in [0.1, 0.15) is 5.56 Å². The van der Waals surface area contributed by atoms with Crippen LogP contribution in [0, 0.1) is 10.1 Å². The van der Waals surface area contributed by atoms with Crippen LogP contribution >= 0.6 is 0 Å². The molecule has 0 radical (unpaired) electrons. The molecule has 8 heteroatoms. The van der Waals surface area contributed by atoms with Crippen LogP contribution in [-0.4, -0.2) is 31.1 Å². The topological polar surface area (TPSA) is 58.4 Å². The van der Waals surface area contributed by atoms with Crippen molar-refractivity contribution < 1.29 is 18.1 Å². The van der Waals surface area contributed by atoms with Crippen molar-refractivity contribution >= 4 is 11.4 Å². The Morgan fingerprint density at radius 2 is 2.15 bits per heavy atom.